The number of rotatable bonds is 2. The van der Waals surface area contributed by atoms with Crippen LogP contribution in [0.4, 0.5) is 0 Å². The zero-order valence-electron chi connectivity index (χ0n) is 4.15. The molecule has 0 amide bonds. The van der Waals surface area contributed by atoms with Crippen LogP contribution in [0.3, 0.4) is 0 Å². The van der Waals surface area contributed by atoms with Crippen LogP contribution in [0.15, 0.2) is 0 Å². The van der Waals surface area contributed by atoms with Crippen LogP contribution in [0.25, 0.3) is 0 Å². The van der Waals surface area contributed by atoms with Crippen LogP contribution < -0.4 is 0 Å². The molecule has 0 aromatic rings. The fraction of sp³-hybridized carbons (Fsp3) is 0.750. The van der Waals surface area contributed by atoms with Crippen LogP contribution in [0, 0.1) is 5.41 Å². The van der Waals surface area contributed by atoms with Gasteiger partial charge in [0.15, 0.2) is 0 Å². The van der Waals surface area contributed by atoms with Gasteiger partial charge in [0.25, 0.3) is 0 Å². The van der Waals surface area contributed by atoms with E-state index in [1.165, 1.54) is 6.21 Å². The monoisotopic (exact) mass is 141 g/mol. The Morgan fingerprint density at radius 2 is 2.29 bits per heavy atom. The third-order valence-corrected chi connectivity index (χ3v) is 1.01. The molecular formula is C4H9Cl2N. The van der Waals surface area contributed by atoms with Crippen molar-refractivity contribution in [1.29, 1.82) is 5.41 Å². The average molecular weight is 142 g/mol. The predicted molar refractivity (Wildman–Crippen MR) is 36.0 cm³/mol. The largest absolute Gasteiger partial charge is 0.312 e. The summed E-state index contributed by atoms with van der Waals surface area (Å²) in [7, 11) is 0. The number of nitrogens with one attached hydrogen (secondary N) is 1. The van der Waals surface area contributed by atoms with E-state index in [-0.39, 0.29) is 17.8 Å². The van der Waals surface area contributed by atoms with Gasteiger partial charge in [0.2, 0.25) is 0 Å². The fourth-order valence-electron chi connectivity index (χ4n) is 0.118. The van der Waals surface area contributed by atoms with E-state index in [1.54, 1.807) is 0 Å². The fourth-order valence-corrected chi connectivity index (χ4v) is 0.118. The number of hydrogen-bond donors (Lipinski definition) is 1. The lowest BCUT2D eigenvalue weighted by Crippen LogP contribution is -1.93. The van der Waals surface area contributed by atoms with Gasteiger partial charge < -0.3 is 5.41 Å². The first-order valence-corrected chi connectivity index (χ1v) is 2.39. The average Bonchev–Trinajstić information content (AvgIpc) is 1.65. The maximum atomic E-state index is 6.55. The molecule has 0 aliphatic carbocycles. The minimum absolute atomic E-state index is 0. The van der Waals surface area contributed by atoms with Crippen LogP contribution in [-0.4, -0.2) is 11.6 Å². The lowest BCUT2D eigenvalue weighted by atomic mass is 10.4. The van der Waals surface area contributed by atoms with E-state index in [1.807, 2.05) is 6.92 Å². The van der Waals surface area contributed by atoms with Gasteiger partial charge in [-0.05, 0) is 6.42 Å². The van der Waals surface area contributed by atoms with Crippen LogP contribution in [0.2, 0.25) is 0 Å². The number of hydrogen-bond acceptors (Lipinski definition) is 1. The molecular weight excluding hydrogens is 133 g/mol. The van der Waals surface area contributed by atoms with Crippen molar-refractivity contribution in [2.24, 2.45) is 0 Å². The van der Waals surface area contributed by atoms with Crippen LogP contribution >= 0.6 is 24.0 Å². The van der Waals surface area contributed by atoms with Gasteiger partial charge in [-0.15, -0.1) is 24.0 Å². The Bertz CT molecular complexity index is 47.0. The molecule has 3 heteroatoms. The Morgan fingerprint density at radius 1 is 1.86 bits per heavy atom. The van der Waals surface area contributed by atoms with Gasteiger partial charge in [0.05, 0.1) is 5.38 Å². The molecule has 0 fully saturated rings. The van der Waals surface area contributed by atoms with Crippen molar-refractivity contribution in [3.63, 3.8) is 0 Å². The second-order valence-electron chi connectivity index (χ2n) is 1.09. The summed E-state index contributed by atoms with van der Waals surface area (Å²) in [6.07, 6.45) is 2.09. The van der Waals surface area contributed by atoms with Crippen molar-refractivity contribution in [3.8, 4) is 0 Å². The lowest BCUT2D eigenvalue weighted by Gasteiger charge is -1.89. The Kier molecular flexibility index (Phi) is 9.17. The van der Waals surface area contributed by atoms with Gasteiger partial charge in [0, 0.05) is 6.21 Å². The summed E-state index contributed by atoms with van der Waals surface area (Å²) in [5, 5.41) is 6.50. The third kappa shape index (κ3) is 6.25. The molecule has 0 radical (unpaired) electrons. The maximum Gasteiger partial charge on any atom is 0.0678 e. The van der Waals surface area contributed by atoms with Crippen LogP contribution in [-0.2, 0) is 0 Å². The smallest absolute Gasteiger partial charge is 0.0678 e. The zero-order chi connectivity index (χ0) is 4.99. The molecule has 0 aromatic heterocycles. The van der Waals surface area contributed by atoms with E-state index in [4.69, 9.17) is 17.0 Å². The van der Waals surface area contributed by atoms with Gasteiger partial charge in [0.1, 0.15) is 0 Å². The van der Waals surface area contributed by atoms with Crippen molar-refractivity contribution < 1.29 is 0 Å². The van der Waals surface area contributed by atoms with Gasteiger partial charge in [-0.25, -0.2) is 0 Å². The van der Waals surface area contributed by atoms with E-state index in [0.29, 0.717) is 0 Å². The molecule has 0 aliphatic rings. The first-order valence-electron chi connectivity index (χ1n) is 1.96. The molecule has 0 saturated carbocycles. The van der Waals surface area contributed by atoms with Crippen LogP contribution in [0.5, 0.6) is 0 Å². The summed E-state index contributed by atoms with van der Waals surface area (Å²) in [4.78, 5) is 0. The second kappa shape index (κ2) is 6.25. The second-order valence-corrected chi connectivity index (χ2v) is 1.65. The molecule has 0 aliphatic heterocycles. The van der Waals surface area contributed by atoms with Crippen molar-refractivity contribution in [2.45, 2.75) is 18.7 Å². The normalized spacial score (nSPS) is 11.7. The third-order valence-electron chi connectivity index (χ3n) is 0.571. The summed E-state index contributed by atoms with van der Waals surface area (Å²) in [6.45, 7) is 1.95. The molecule has 0 saturated heterocycles. The highest BCUT2D eigenvalue weighted by molar-refractivity contribution is 6.27. The van der Waals surface area contributed by atoms with Gasteiger partial charge >= 0.3 is 0 Å². The van der Waals surface area contributed by atoms with Gasteiger partial charge in [-0.1, -0.05) is 6.92 Å². The topological polar surface area (TPSA) is 23.9 Å². The van der Waals surface area contributed by atoms with E-state index < -0.39 is 0 Å². The van der Waals surface area contributed by atoms with Gasteiger partial charge in [-0.3, -0.25) is 0 Å². The maximum absolute atomic E-state index is 6.55. The molecule has 1 atom stereocenters. The first kappa shape index (κ1) is 10.3. The van der Waals surface area contributed by atoms with Crippen molar-refractivity contribution in [1.82, 2.24) is 0 Å². The predicted octanol–water partition coefficient (Wildman–Crippen LogP) is 2.08. The summed E-state index contributed by atoms with van der Waals surface area (Å²) in [5.41, 5.74) is 0. The van der Waals surface area contributed by atoms with E-state index in [2.05, 4.69) is 0 Å². The minimum Gasteiger partial charge on any atom is -0.312 e. The molecule has 0 rings (SSSR count). The summed E-state index contributed by atoms with van der Waals surface area (Å²) < 4.78 is 0. The SMILES string of the molecule is CCC(Cl)C=N.Cl. The Labute approximate surface area is 55.0 Å². The molecule has 0 spiro atoms. The minimum atomic E-state index is -0.0509. The lowest BCUT2D eigenvalue weighted by molar-refractivity contribution is 1.01. The van der Waals surface area contributed by atoms with E-state index >= 15 is 0 Å². The zero-order valence-corrected chi connectivity index (χ0v) is 5.72. The highest BCUT2D eigenvalue weighted by atomic mass is 35.5. The molecule has 1 nitrogen and oxygen atoms in total. The molecule has 1 N–H and O–H groups in total. The molecule has 0 bridgehead atoms. The van der Waals surface area contributed by atoms with Crippen molar-refractivity contribution >= 4 is 30.2 Å². The van der Waals surface area contributed by atoms with Crippen molar-refractivity contribution in [2.75, 3.05) is 0 Å². The molecule has 44 valence electrons. The van der Waals surface area contributed by atoms with Crippen LogP contribution in [0.1, 0.15) is 13.3 Å². The molecule has 7 heavy (non-hydrogen) atoms. The summed E-state index contributed by atoms with van der Waals surface area (Å²) in [5.74, 6) is 0. The molecule has 1 unspecified atom stereocenters. The quantitative estimate of drug-likeness (QED) is 0.450. The number of alkyl halides is 1. The highest BCUT2D eigenvalue weighted by Gasteiger charge is 1.89. The van der Waals surface area contributed by atoms with E-state index in [9.17, 15) is 0 Å². The molecule has 0 heterocycles. The van der Waals surface area contributed by atoms with Gasteiger partial charge in [-0.2, -0.15) is 0 Å². The number of halogens is 2. The summed E-state index contributed by atoms with van der Waals surface area (Å²) in [6, 6.07) is 0. The first-order chi connectivity index (χ1) is 2.81. The van der Waals surface area contributed by atoms with E-state index in [0.717, 1.165) is 6.42 Å². The Morgan fingerprint density at radius 3 is 2.29 bits per heavy atom. The Hall–Kier alpha value is 0.250. The summed E-state index contributed by atoms with van der Waals surface area (Å²) >= 11 is 5.41. The standard InChI is InChI=1S/C4H8ClN.ClH/c1-2-4(5)3-6;/h3-4,6H,2H2,1H3;1H. The Balaban J connectivity index is 0. The van der Waals surface area contributed by atoms with Crippen molar-refractivity contribution in [3.05, 3.63) is 0 Å². The molecule has 0 aromatic carbocycles. The highest BCUT2D eigenvalue weighted by Crippen LogP contribution is 1.93.